The van der Waals surface area contributed by atoms with Crippen molar-refractivity contribution in [3.05, 3.63) is 29.8 Å². The van der Waals surface area contributed by atoms with Crippen LogP contribution in [0.25, 0.3) is 0 Å². The predicted molar refractivity (Wildman–Crippen MR) is 103 cm³/mol. The highest BCUT2D eigenvalue weighted by atomic mass is 19.1. The van der Waals surface area contributed by atoms with E-state index in [1.807, 2.05) is 0 Å². The van der Waals surface area contributed by atoms with Crippen LogP contribution < -0.4 is 15.5 Å². The van der Waals surface area contributed by atoms with Crippen LogP contribution in [0.15, 0.2) is 23.2 Å². The fourth-order valence-corrected chi connectivity index (χ4v) is 4.39. The molecule has 6 nitrogen and oxygen atoms in total. The molecule has 0 amide bonds. The van der Waals surface area contributed by atoms with E-state index in [0.29, 0.717) is 19.1 Å². The lowest BCUT2D eigenvalue weighted by Crippen LogP contribution is -2.64. The first-order valence-corrected chi connectivity index (χ1v) is 9.76. The molecule has 0 spiro atoms. The van der Waals surface area contributed by atoms with Crippen molar-refractivity contribution in [2.75, 3.05) is 64.3 Å². The molecule has 4 saturated heterocycles. The van der Waals surface area contributed by atoms with E-state index >= 15 is 0 Å². The highest BCUT2D eigenvalue weighted by molar-refractivity contribution is 5.80. The van der Waals surface area contributed by atoms with Crippen molar-refractivity contribution in [1.29, 1.82) is 0 Å². The van der Waals surface area contributed by atoms with E-state index in [4.69, 9.17) is 0 Å². The summed E-state index contributed by atoms with van der Waals surface area (Å²) in [6.45, 7) is 7.78. The maximum atomic E-state index is 14.0. The Bertz CT molecular complexity index is 669. The van der Waals surface area contributed by atoms with Crippen molar-refractivity contribution in [1.82, 2.24) is 20.4 Å². The van der Waals surface area contributed by atoms with Gasteiger partial charge in [-0.3, -0.25) is 14.8 Å². The van der Waals surface area contributed by atoms with Gasteiger partial charge in [0.1, 0.15) is 17.3 Å². The lowest BCUT2D eigenvalue weighted by molar-refractivity contribution is 0.0154. The Hall–Kier alpha value is -1.93. The standard InChI is InChI=1S/C19H28F2N6/c1-22-19(23-11-15-13-25-7-9-26(15)10-8-25)24-14-5-6-27(12-14)18-16(20)3-2-4-17(18)21/h2-4,14-15H,5-13H2,1H3,(H2,22,23,24). The molecule has 2 N–H and O–H groups in total. The molecule has 2 bridgehead atoms. The van der Waals surface area contributed by atoms with Crippen LogP contribution in [0.4, 0.5) is 14.5 Å². The minimum Gasteiger partial charge on any atom is -0.365 e. The first-order valence-electron chi connectivity index (χ1n) is 9.76. The summed E-state index contributed by atoms with van der Waals surface area (Å²) < 4.78 is 28.0. The van der Waals surface area contributed by atoms with Crippen LogP contribution >= 0.6 is 0 Å². The third-order valence-corrected chi connectivity index (χ3v) is 5.90. The van der Waals surface area contributed by atoms with Crippen LogP contribution in [-0.2, 0) is 0 Å². The van der Waals surface area contributed by atoms with Gasteiger partial charge in [-0.15, -0.1) is 0 Å². The summed E-state index contributed by atoms with van der Waals surface area (Å²) in [7, 11) is 1.76. The quantitative estimate of drug-likeness (QED) is 0.597. The Morgan fingerprint density at radius 1 is 1.11 bits per heavy atom. The van der Waals surface area contributed by atoms with Crippen LogP contribution in [-0.4, -0.2) is 87.2 Å². The van der Waals surface area contributed by atoms with Gasteiger partial charge in [0.05, 0.1) is 0 Å². The first-order chi connectivity index (χ1) is 13.1. The molecule has 4 aliphatic rings. The summed E-state index contributed by atoms with van der Waals surface area (Å²) in [6.07, 6.45) is 0.817. The van der Waals surface area contributed by atoms with Crippen LogP contribution in [0.3, 0.4) is 0 Å². The Balaban J connectivity index is 1.29. The highest BCUT2D eigenvalue weighted by Crippen LogP contribution is 2.26. The Labute approximate surface area is 159 Å². The zero-order valence-electron chi connectivity index (χ0n) is 15.8. The number of hydrogen-bond acceptors (Lipinski definition) is 4. The van der Waals surface area contributed by atoms with Gasteiger partial charge in [0.25, 0.3) is 0 Å². The van der Waals surface area contributed by atoms with Crippen LogP contribution in [0.5, 0.6) is 0 Å². The molecule has 0 aliphatic carbocycles. The summed E-state index contributed by atoms with van der Waals surface area (Å²) in [5.41, 5.74) is 0.0739. The average molecular weight is 378 g/mol. The molecule has 0 radical (unpaired) electrons. The molecule has 5 rings (SSSR count). The van der Waals surface area contributed by atoms with Gasteiger partial charge in [-0.25, -0.2) is 8.78 Å². The number of fused-ring (bicyclic) bond motifs is 3. The smallest absolute Gasteiger partial charge is 0.191 e. The van der Waals surface area contributed by atoms with Crippen molar-refractivity contribution in [3.63, 3.8) is 0 Å². The normalized spacial score (nSPS) is 30.6. The summed E-state index contributed by atoms with van der Waals surface area (Å²) >= 11 is 0. The lowest BCUT2D eigenvalue weighted by atomic mass is 10.1. The molecule has 1 aromatic carbocycles. The van der Waals surface area contributed by atoms with E-state index in [1.165, 1.54) is 31.3 Å². The van der Waals surface area contributed by atoms with Crippen LogP contribution in [0, 0.1) is 11.6 Å². The van der Waals surface area contributed by atoms with Gasteiger partial charge in [-0.2, -0.15) is 0 Å². The molecule has 0 saturated carbocycles. The number of anilines is 1. The van der Waals surface area contributed by atoms with E-state index in [1.54, 1.807) is 11.9 Å². The number of nitrogens with zero attached hydrogens (tertiary/aromatic N) is 4. The maximum Gasteiger partial charge on any atom is 0.191 e. The average Bonchev–Trinajstić information content (AvgIpc) is 3.14. The van der Waals surface area contributed by atoms with Crippen LogP contribution in [0.1, 0.15) is 6.42 Å². The molecule has 8 heteroatoms. The van der Waals surface area contributed by atoms with Crippen molar-refractivity contribution in [2.45, 2.75) is 18.5 Å². The molecule has 4 fully saturated rings. The Morgan fingerprint density at radius 2 is 1.85 bits per heavy atom. The van der Waals surface area contributed by atoms with Gasteiger partial charge in [0.15, 0.2) is 5.96 Å². The maximum absolute atomic E-state index is 14.0. The third-order valence-electron chi connectivity index (χ3n) is 5.90. The minimum absolute atomic E-state index is 0.0739. The van der Waals surface area contributed by atoms with Crippen molar-refractivity contribution in [3.8, 4) is 0 Å². The van der Waals surface area contributed by atoms with Gasteiger partial charge >= 0.3 is 0 Å². The molecule has 0 aromatic heterocycles. The van der Waals surface area contributed by atoms with E-state index in [-0.39, 0.29) is 11.7 Å². The number of halogens is 2. The predicted octanol–water partition coefficient (Wildman–Crippen LogP) is 0.708. The molecular formula is C19H28F2N6. The zero-order valence-corrected chi connectivity index (χ0v) is 15.8. The molecule has 2 unspecified atom stereocenters. The highest BCUT2D eigenvalue weighted by Gasteiger charge is 2.32. The summed E-state index contributed by atoms with van der Waals surface area (Å²) in [6, 6.07) is 4.64. The Kier molecular flexibility index (Phi) is 5.45. The fourth-order valence-electron chi connectivity index (χ4n) is 4.39. The van der Waals surface area contributed by atoms with E-state index in [0.717, 1.165) is 38.6 Å². The van der Waals surface area contributed by atoms with Gasteiger partial charge < -0.3 is 15.5 Å². The topological polar surface area (TPSA) is 46.1 Å². The lowest BCUT2D eigenvalue weighted by Gasteiger charge is -2.47. The molecular weight excluding hydrogens is 350 g/mol. The van der Waals surface area contributed by atoms with Crippen molar-refractivity contribution >= 4 is 11.6 Å². The van der Waals surface area contributed by atoms with Gasteiger partial charge in [0, 0.05) is 71.5 Å². The number of piperazine rings is 3. The summed E-state index contributed by atoms with van der Waals surface area (Å²) in [5.74, 6) is -0.252. The second-order valence-electron chi connectivity index (χ2n) is 7.59. The second kappa shape index (κ2) is 7.98. The third kappa shape index (κ3) is 4.01. The monoisotopic (exact) mass is 378 g/mol. The number of para-hydroxylation sites is 1. The number of aliphatic imine (C=N–C) groups is 1. The zero-order chi connectivity index (χ0) is 18.8. The second-order valence-corrected chi connectivity index (χ2v) is 7.59. The number of guanidine groups is 1. The van der Waals surface area contributed by atoms with Gasteiger partial charge in [-0.1, -0.05) is 6.07 Å². The molecule has 4 heterocycles. The SMILES string of the molecule is CN=C(NCC1CN2CCN1CC2)NC1CCN(c2c(F)cccc2F)C1. The molecule has 4 aliphatic heterocycles. The fraction of sp³-hybridized carbons (Fsp3) is 0.632. The molecule has 27 heavy (non-hydrogen) atoms. The Morgan fingerprint density at radius 3 is 2.48 bits per heavy atom. The first kappa shape index (κ1) is 18.4. The minimum atomic E-state index is -0.505. The number of hydrogen-bond donors (Lipinski definition) is 2. The number of rotatable bonds is 4. The largest absolute Gasteiger partial charge is 0.365 e. The summed E-state index contributed by atoms with van der Waals surface area (Å²) in [5, 5.41) is 6.84. The van der Waals surface area contributed by atoms with Gasteiger partial charge in [0.2, 0.25) is 0 Å². The molecule has 2 atom stereocenters. The number of benzene rings is 1. The molecule has 1 aromatic rings. The van der Waals surface area contributed by atoms with E-state index in [9.17, 15) is 8.78 Å². The van der Waals surface area contributed by atoms with E-state index in [2.05, 4.69) is 25.4 Å². The van der Waals surface area contributed by atoms with Crippen LogP contribution in [0.2, 0.25) is 0 Å². The van der Waals surface area contributed by atoms with Crippen molar-refractivity contribution in [2.24, 2.45) is 4.99 Å². The molecule has 148 valence electrons. The van der Waals surface area contributed by atoms with Gasteiger partial charge in [-0.05, 0) is 18.6 Å². The summed E-state index contributed by atoms with van der Waals surface area (Å²) in [4.78, 5) is 11.2. The number of nitrogens with one attached hydrogen (secondary N) is 2. The van der Waals surface area contributed by atoms with E-state index < -0.39 is 11.6 Å². The van der Waals surface area contributed by atoms with Crippen molar-refractivity contribution < 1.29 is 8.78 Å².